The molecule has 0 saturated carbocycles. The zero-order chi connectivity index (χ0) is 11.5. The van der Waals surface area contributed by atoms with Crippen molar-refractivity contribution < 1.29 is 9.50 Å². The topological polar surface area (TPSA) is 50.9 Å². The highest BCUT2D eigenvalue weighted by molar-refractivity contribution is 5.15. The molecule has 0 bridgehead atoms. The first-order valence-corrected chi connectivity index (χ1v) is 4.92. The Bertz CT molecular complexity index is 484. The monoisotopic (exact) mass is 221 g/mol. The Morgan fingerprint density at radius 3 is 2.94 bits per heavy atom. The van der Waals surface area contributed by atoms with E-state index < -0.39 is 11.9 Å². The minimum absolute atomic E-state index is 0.353. The van der Waals surface area contributed by atoms with Crippen LogP contribution in [-0.4, -0.2) is 19.9 Å². The van der Waals surface area contributed by atoms with Gasteiger partial charge in [-0.25, -0.2) is 4.39 Å². The second-order valence-corrected chi connectivity index (χ2v) is 3.64. The first-order chi connectivity index (χ1) is 7.65. The highest BCUT2D eigenvalue weighted by Gasteiger charge is 2.11. The van der Waals surface area contributed by atoms with E-state index in [0.717, 1.165) is 11.9 Å². The lowest BCUT2D eigenvalue weighted by molar-refractivity contribution is 0.176. The summed E-state index contributed by atoms with van der Waals surface area (Å²) in [5, 5.41) is 14.0. The number of aliphatic hydroxyl groups is 1. The van der Waals surface area contributed by atoms with E-state index in [1.54, 1.807) is 17.9 Å². The molecule has 0 saturated heterocycles. The fourth-order valence-corrected chi connectivity index (χ4v) is 1.50. The minimum Gasteiger partial charge on any atom is -0.388 e. The van der Waals surface area contributed by atoms with Crippen LogP contribution in [0.25, 0.3) is 0 Å². The summed E-state index contributed by atoms with van der Waals surface area (Å²) in [7, 11) is 1.81. The van der Waals surface area contributed by atoms with Gasteiger partial charge in [0.15, 0.2) is 0 Å². The van der Waals surface area contributed by atoms with Gasteiger partial charge in [0.25, 0.3) is 0 Å². The molecule has 2 aromatic rings. The number of aliphatic hydroxyl groups excluding tert-OH is 1. The van der Waals surface area contributed by atoms with E-state index in [0.29, 0.717) is 12.0 Å². The molecule has 16 heavy (non-hydrogen) atoms. The molecule has 4 nitrogen and oxygen atoms in total. The lowest BCUT2D eigenvalue weighted by Gasteiger charge is -2.08. The van der Waals surface area contributed by atoms with E-state index in [4.69, 9.17) is 0 Å². The summed E-state index contributed by atoms with van der Waals surface area (Å²) in [4.78, 5) is 3.69. The largest absolute Gasteiger partial charge is 0.388 e. The van der Waals surface area contributed by atoms with Gasteiger partial charge in [0, 0.05) is 31.4 Å². The maximum absolute atomic E-state index is 12.9. The SMILES string of the molecule is Cn1ccc(CC(O)c2cncc(F)c2)n1. The molecule has 84 valence electrons. The second kappa shape index (κ2) is 4.40. The molecule has 2 rings (SSSR count). The zero-order valence-electron chi connectivity index (χ0n) is 8.84. The van der Waals surface area contributed by atoms with Crippen LogP contribution in [0.1, 0.15) is 17.4 Å². The van der Waals surface area contributed by atoms with Crippen LogP contribution in [0.4, 0.5) is 4.39 Å². The molecular formula is C11H12FN3O. The summed E-state index contributed by atoms with van der Waals surface area (Å²) in [6, 6.07) is 3.09. The third kappa shape index (κ3) is 2.43. The van der Waals surface area contributed by atoms with Gasteiger partial charge < -0.3 is 5.11 Å². The number of nitrogens with zero attached hydrogens (tertiary/aromatic N) is 3. The Morgan fingerprint density at radius 2 is 2.31 bits per heavy atom. The number of aryl methyl sites for hydroxylation is 1. The number of aromatic nitrogens is 3. The van der Waals surface area contributed by atoms with Crippen molar-refractivity contribution >= 4 is 0 Å². The van der Waals surface area contributed by atoms with E-state index in [1.165, 1.54) is 12.3 Å². The van der Waals surface area contributed by atoms with Crippen molar-refractivity contribution in [2.45, 2.75) is 12.5 Å². The predicted molar refractivity (Wildman–Crippen MR) is 56.1 cm³/mol. The fourth-order valence-electron chi connectivity index (χ4n) is 1.50. The Hall–Kier alpha value is -1.75. The van der Waals surface area contributed by atoms with Crippen molar-refractivity contribution in [2.24, 2.45) is 7.05 Å². The number of hydrogen-bond acceptors (Lipinski definition) is 3. The van der Waals surface area contributed by atoms with Crippen molar-refractivity contribution in [1.29, 1.82) is 0 Å². The van der Waals surface area contributed by atoms with Crippen molar-refractivity contribution in [3.05, 3.63) is 47.8 Å². The Balaban J connectivity index is 2.11. The van der Waals surface area contributed by atoms with E-state index in [-0.39, 0.29) is 0 Å². The molecule has 0 amide bonds. The molecule has 5 heteroatoms. The second-order valence-electron chi connectivity index (χ2n) is 3.64. The molecule has 0 fully saturated rings. The van der Waals surface area contributed by atoms with Crippen LogP contribution < -0.4 is 0 Å². The van der Waals surface area contributed by atoms with E-state index in [9.17, 15) is 9.50 Å². The number of rotatable bonds is 3. The molecule has 1 atom stereocenters. The normalized spacial score (nSPS) is 12.7. The maximum Gasteiger partial charge on any atom is 0.141 e. The third-order valence-electron chi connectivity index (χ3n) is 2.28. The van der Waals surface area contributed by atoms with Gasteiger partial charge in [0.1, 0.15) is 5.82 Å². The lowest BCUT2D eigenvalue weighted by Crippen LogP contribution is -2.04. The summed E-state index contributed by atoms with van der Waals surface area (Å²) in [5.74, 6) is -0.447. The van der Waals surface area contributed by atoms with Crippen LogP contribution in [-0.2, 0) is 13.5 Å². The molecule has 2 aromatic heterocycles. The van der Waals surface area contributed by atoms with Gasteiger partial charge in [-0.1, -0.05) is 0 Å². The standard InChI is InChI=1S/C11H12FN3O/c1-15-3-2-10(14-15)5-11(16)8-4-9(12)7-13-6-8/h2-4,6-7,11,16H,5H2,1H3. The van der Waals surface area contributed by atoms with Gasteiger partial charge in [-0.3, -0.25) is 9.67 Å². The quantitative estimate of drug-likeness (QED) is 0.848. The maximum atomic E-state index is 12.9. The molecular weight excluding hydrogens is 209 g/mol. The third-order valence-corrected chi connectivity index (χ3v) is 2.28. The summed E-state index contributed by atoms with van der Waals surface area (Å²) < 4.78 is 14.5. The van der Waals surface area contributed by atoms with Crippen molar-refractivity contribution in [2.75, 3.05) is 0 Å². The smallest absolute Gasteiger partial charge is 0.141 e. The van der Waals surface area contributed by atoms with Crippen LogP contribution in [0.2, 0.25) is 0 Å². The average molecular weight is 221 g/mol. The lowest BCUT2D eigenvalue weighted by atomic mass is 10.1. The van der Waals surface area contributed by atoms with Gasteiger partial charge >= 0.3 is 0 Å². The fraction of sp³-hybridized carbons (Fsp3) is 0.273. The van der Waals surface area contributed by atoms with E-state index >= 15 is 0 Å². The summed E-state index contributed by atoms with van der Waals surface area (Å²) in [5.41, 5.74) is 1.23. The minimum atomic E-state index is -0.780. The number of pyridine rings is 1. The van der Waals surface area contributed by atoms with E-state index in [2.05, 4.69) is 10.1 Å². The molecule has 0 radical (unpaired) electrons. The highest BCUT2D eigenvalue weighted by Crippen LogP contribution is 2.16. The average Bonchev–Trinajstić information content (AvgIpc) is 2.64. The molecule has 0 aliphatic heterocycles. The molecule has 0 spiro atoms. The van der Waals surface area contributed by atoms with Crippen LogP contribution in [0.3, 0.4) is 0 Å². The summed E-state index contributed by atoms with van der Waals surface area (Å²) in [6.07, 6.45) is 3.93. The van der Waals surface area contributed by atoms with Crippen molar-refractivity contribution in [3.8, 4) is 0 Å². The highest BCUT2D eigenvalue weighted by atomic mass is 19.1. The van der Waals surface area contributed by atoms with Gasteiger partial charge in [-0.2, -0.15) is 5.10 Å². The van der Waals surface area contributed by atoms with Crippen LogP contribution in [0.5, 0.6) is 0 Å². The number of hydrogen-bond donors (Lipinski definition) is 1. The van der Waals surface area contributed by atoms with Gasteiger partial charge in [0.2, 0.25) is 0 Å². The van der Waals surface area contributed by atoms with Gasteiger partial charge in [-0.15, -0.1) is 0 Å². The van der Waals surface area contributed by atoms with Gasteiger partial charge in [-0.05, 0) is 12.1 Å². The first-order valence-electron chi connectivity index (χ1n) is 4.92. The zero-order valence-corrected chi connectivity index (χ0v) is 8.84. The predicted octanol–water partition coefficient (Wildman–Crippen LogP) is 1.23. The molecule has 0 aromatic carbocycles. The molecule has 1 N–H and O–H groups in total. The Kier molecular flexibility index (Phi) is 2.96. The molecule has 0 aliphatic rings. The van der Waals surface area contributed by atoms with E-state index in [1.807, 2.05) is 6.07 Å². The Morgan fingerprint density at radius 1 is 1.50 bits per heavy atom. The van der Waals surface area contributed by atoms with Crippen LogP contribution in [0.15, 0.2) is 30.7 Å². The summed E-state index contributed by atoms with van der Waals surface area (Å²) >= 11 is 0. The van der Waals surface area contributed by atoms with Crippen molar-refractivity contribution in [1.82, 2.24) is 14.8 Å². The van der Waals surface area contributed by atoms with Crippen LogP contribution >= 0.6 is 0 Å². The Labute approximate surface area is 92.4 Å². The van der Waals surface area contributed by atoms with Crippen molar-refractivity contribution in [3.63, 3.8) is 0 Å². The molecule has 0 aliphatic carbocycles. The van der Waals surface area contributed by atoms with Gasteiger partial charge in [0.05, 0.1) is 18.0 Å². The summed E-state index contributed by atoms with van der Waals surface area (Å²) in [6.45, 7) is 0. The molecule has 1 unspecified atom stereocenters. The van der Waals surface area contributed by atoms with Crippen LogP contribution in [0, 0.1) is 5.82 Å². The number of halogens is 1. The molecule has 2 heterocycles. The first kappa shape index (κ1) is 10.8.